The molecule has 1 aliphatic rings. The summed E-state index contributed by atoms with van der Waals surface area (Å²) < 4.78 is 10.9. The molecule has 2 aromatic carbocycles. The molecule has 25 heavy (non-hydrogen) atoms. The van der Waals surface area contributed by atoms with Gasteiger partial charge in [0.1, 0.15) is 24.5 Å². The second kappa shape index (κ2) is 7.44. The van der Waals surface area contributed by atoms with E-state index in [0.29, 0.717) is 12.1 Å². The number of fused-ring (bicyclic) bond motifs is 1. The number of aromatic carboxylic acids is 1. The summed E-state index contributed by atoms with van der Waals surface area (Å²) in [4.78, 5) is 25.2. The van der Waals surface area contributed by atoms with Crippen LogP contribution in [0.4, 0.5) is 4.79 Å². The third-order valence-corrected chi connectivity index (χ3v) is 4.01. The van der Waals surface area contributed by atoms with Gasteiger partial charge in [0.25, 0.3) is 0 Å². The van der Waals surface area contributed by atoms with Crippen LogP contribution in [0, 0.1) is 0 Å². The molecule has 0 saturated carbocycles. The van der Waals surface area contributed by atoms with Crippen molar-refractivity contribution >= 4 is 23.7 Å². The Bertz CT molecular complexity index is 794. The molecule has 1 aliphatic heterocycles. The van der Waals surface area contributed by atoms with Crippen LogP contribution in [0.3, 0.4) is 0 Å². The maximum Gasteiger partial charge on any atom is 0.410 e. The van der Waals surface area contributed by atoms with Crippen molar-refractivity contribution in [1.82, 2.24) is 4.90 Å². The van der Waals surface area contributed by atoms with E-state index in [4.69, 9.17) is 21.1 Å². The number of carboxylic acid groups (broad SMARTS) is 1. The smallest absolute Gasteiger partial charge is 0.410 e. The molecule has 0 radical (unpaired) electrons. The number of carbonyl (C=O) groups is 2. The second-order valence-corrected chi connectivity index (χ2v) is 5.99. The first-order valence-corrected chi connectivity index (χ1v) is 8.06. The van der Waals surface area contributed by atoms with Gasteiger partial charge in [0.05, 0.1) is 13.1 Å². The van der Waals surface area contributed by atoms with Crippen molar-refractivity contribution in [3.63, 3.8) is 0 Å². The molecule has 0 fully saturated rings. The van der Waals surface area contributed by atoms with Crippen molar-refractivity contribution in [3.05, 3.63) is 64.2 Å². The molecule has 2 aromatic rings. The number of hydrogen-bond acceptors (Lipinski definition) is 4. The molecule has 0 bridgehead atoms. The summed E-state index contributed by atoms with van der Waals surface area (Å²) in [5, 5.41) is 9.58. The summed E-state index contributed by atoms with van der Waals surface area (Å²) in [6.45, 7) is 0.804. The van der Waals surface area contributed by atoms with Crippen molar-refractivity contribution in [1.29, 1.82) is 0 Å². The number of carboxylic acids is 1. The van der Waals surface area contributed by atoms with E-state index in [-0.39, 0.29) is 36.1 Å². The monoisotopic (exact) mass is 361 g/mol. The molecule has 0 atom stereocenters. The van der Waals surface area contributed by atoms with Crippen molar-refractivity contribution in [2.75, 3.05) is 13.2 Å². The number of halogens is 1. The minimum atomic E-state index is -1.13. The highest BCUT2D eigenvalue weighted by atomic mass is 35.5. The predicted octanol–water partition coefficient (Wildman–Crippen LogP) is 3.57. The minimum Gasteiger partial charge on any atom is -0.490 e. The van der Waals surface area contributed by atoms with Crippen LogP contribution in [0.5, 0.6) is 5.75 Å². The SMILES string of the molecule is O=C(O)c1cc(Cl)cc2c1OCCN(C(=O)OCc1ccccc1)C2. The number of ether oxygens (including phenoxy) is 2. The van der Waals surface area contributed by atoms with Crippen LogP contribution < -0.4 is 4.74 Å². The predicted molar refractivity (Wildman–Crippen MR) is 90.9 cm³/mol. The highest BCUT2D eigenvalue weighted by Gasteiger charge is 2.25. The third-order valence-electron chi connectivity index (χ3n) is 3.79. The van der Waals surface area contributed by atoms with Crippen molar-refractivity contribution in [2.45, 2.75) is 13.2 Å². The molecule has 0 aliphatic carbocycles. The fourth-order valence-electron chi connectivity index (χ4n) is 2.61. The molecule has 0 spiro atoms. The molecular formula is C18H16ClNO5. The molecule has 0 saturated heterocycles. The summed E-state index contributed by atoms with van der Waals surface area (Å²) in [6.07, 6.45) is -0.489. The maximum atomic E-state index is 12.3. The Kier molecular flexibility index (Phi) is 5.09. The summed E-state index contributed by atoms with van der Waals surface area (Å²) >= 11 is 5.99. The van der Waals surface area contributed by atoms with Gasteiger partial charge in [-0.1, -0.05) is 41.9 Å². The van der Waals surface area contributed by atoms with E-state index in [0.717, 1.165) is 5.56 Å². The quantitative estimate of drug-likeness (QED) is 0.904. The van der Waals surface area contributed by atoms with E-state index in [1.807, 2.05) is 30.3 Å². The Balaban J connectivity index is 1.75. The normalized spacial score (nSPS) is 13.4. The van der Waals surface area contributed by atoms with Crippen LogP contribution in [0.2, 0.25) is 5.02 Å². The lowest BCUT2D eigenvalue weighted by molar-refractivity contribution is 0.0691. The van der Waals surface area contributed by atoms with Gasteiger partial charge in [-0.25, -0.2) is 9.59 Å². The van der Waals surface area contributed by atoms with Gasteiger partial charge in [-0.05, 0) is 17.7 Å². The van der Waals surface area contributed by atoms with Crippen LogP contribution in [0.15, 0.2) is 42.5 Å². The average Bonchev–Trinajstić information content (AvgIpc) is 2.82. The number of amides is 1. The van der Waals surface area contributed by atoms with E-state index < -0.39 is 12.1 Å². The van der Waals surface area contributed by atoms with Gasteiger partial charge in [-0.3, -0.25) is 0 Å². The zero-order valence-electron chi connectivity index (χ0n) is 13.3. The van der Waals surface area contributed by atoms with Crippen molar-refractivity contribution in [3.8, 4) is 5.75 Å². The van der Waals surface area contributed by atoms with Crippen LogP contribution in [0.1, 0.15) is 21.5 Å². The summed E-state index contributed by atoms with van der Waals surface area (Å²) in [5.74, 6) is -0.880. The average molecular weight is 362 g/mol. The number of hydrogen-bond donors (Lipinski definition) is 1. The molecule has 1 N–H and O–H groups in total. The Morgan fingerprint density at radius 2 is 2.00 bits per heavy atom. The van der Waals surface area contributed by atoms with Gasteiger partial charge >= 0.3 is 12.1 Å². The molecule has 3 rings (SSSR count). The van der Waals surface area contributed by atoms with Gasteiger partial charge in [0.15, 0.2) is 0 Å². The maximum absolute atomic E-state index is 12.3. The standard InChI is InChI=1S/C18H16ClNO5/c19-14-8-13-10-20(6-7-24-16(13)15(9-14)17(21)22)18(23)25-11-12-4-2-1-3-5-12/h1-5,8-9H,6-7,10-11H2,(H,21,22). The van der Waals surface area contributed by atoms with Crippen LogP contribution >= 0.6 is 11.6 Å². The van der Waals surface area contributed by atoms with Gasteiger partial charge < -0.3 is 19.5 Å². The van der Waals surface area contributed by atoms with Gasteiger partial charge in [-0.15, -0.1) is 0 Å². The molecule has 130 valence electrons. The number of benzene rings is 2. The lowest BCUT2D eigenvalue weighted by Crippen LogP contribution is -2.32. The molecule has 7 heteroatoms. The first kappa shape index (κ1) is 17.1. The Labute approximate surface area is 149 Å². The molecule has 1 heterocycles. The Morgan fingerprint density at radius 1 is 1.24 bits per heavy atom. The van der Waals surface area contributed by atoms with Gasteiger partial charge in [-0.2, -0.15) is 0 Å². The van der Waals surface area contributed by atoms with Crippen LogP contribution in [0.25, 0.3) is 0 Å². The summed E-state index contributed by atoms with van der Waals surface area (Å²) in [7, 11) is 0. The zero-order valence-corrected chi connectivity index (χ0v) is 14.0. The molecule has 0 aromatic heterocycles. The number of carbonyl (C=O) groups excluding carboxylic acids is 1. The second-order valence-electron chi connectivity index (χ2n) is 5.56. The highest BCUT2D eigenvalue weighted by molar-refractivity contribution is 6.31. The fraction of sp³-hybridized carbons (Fsp3) is 0.222. The highest BCUT2D eigenvalue weighted by Crippen LogP contribution is 2.31. The van der Waals surface area contributed by atoms with Gasteiger partial charge in [0, 0.05) is 10.6 Å². The lowest BCUT2D eigenvalue weighted by atomic mass is 10.1. The van der Waals surface area contributed by atoms with E-state index in [2.05, 4.69) is 0 Å². The number of rotatable bonds is 3. The van der Waals surface area contributed by atoms with Crippen molar-refractivity contribution in [2.24, 2.45) is 0 Å². The Morgan fingerprint density at radius 3 is 2.72 bits per heavy atom. The van der Waals surface area contributed by atoms with Crippen LogP contribution in [-0.4, -0.2) is 35.2 Å². The molecular weight excluding hydrogens is 346 g/mol. The van der Waals surface area contributed by atoms with E-state index >= 15 is 0 Å². The Hall–Kier alpha value is -2.73. The van der Waals surface area contributed by atoms with E-state index in [1.54, 1.807) is 6.07 Å². The summed E-state index contributed by atoms with van der Waals surface area (Å²) in [5.41, 5.74) is 1.42. The number of nitrogens with zero attached hydrogens (tertiary/aromatic N) is 1. The fourth-order valence-corrected chi connectivity index (χ4v) is 2.85. The van der Waals surface area contributed by atoms with E-state index in [1.165, 1.54) is 11.0 Å². The molecule has 0 unspecified atom stereocenters. The molecule has 6 nitrogen and oxygen atoms in total. The zero-order chi connectivity index (χ0) is 17.8. The van der Waals surface area contributed by atoms with Crippen molar-refractivity contribution < 1.29 is 24.2 Å². The first-order valence-electron chi connectivity index (χ1n) is 7.68. The van der Waals surface area contributed by atoms with Crippen LogP contribution in [-0.2, 0) is 17.9 Å². The largest absolute Gasteiger partial charge is 0.490 e. The van der Waals surface area contributed by atoms with Gasteiger partial charge in [0.2, 0.25) is 0 Å². The third kappa shape index (κ3) is 4.03. The summed E-state index contributed by atoms with van der Waals surface area (Å²) in [6, 6.07) is 12.3. The topological polar surface area (TPSA) is 76.1 Å². The lowest BCUT2D eigenvalue weighted by Gasteiger charge is -2.19. The minimum absolute atomic E-state index is 0.0120. The van der Waals surface area contributed by atoms with E-state index in [9.17, 15) is 14.7 Å². The molecule has 1 amide bonds. The first-order chi connectivity index (χ1) is 12.0.